The molecule has 0 aliphatic carbocycles. The minimum atomic E-state index is 0.442. The lowest BCUT2D eigenvalue weighted by molar-refractivity contribution is 0.489. The highest BCUT2D eigenvalue weighted by atomic mass is 127. The normalized spacial score (nSPS) is 11.0. The third kappa shape index (κ3) is 1.77. The number of hydrogen-bond acceptors (Lipinski definition) is 4. The Morgan fingerprint density at radius 3 is 3.00 bits per heavy atom. The number of fused-ring (bicyclic) bond motifs is 1. The van der Waals surface area contributed by atoms with E-state index in [0.717, 1.165) is 3.57 Å². The molecule has 0 aliphatic rings. The van der Waals surface area contributed by atoms with Gasteiger partial charge in [-0.1, -0.05) is 23.4 Å². The van der Waals surface area contributed by atoms with Crippen molar-refractivity contribution in [1.29, 1.82) is 0 Å². The number of nitrogens with zero attached hydrogens (tertiary/aromatic N) is 2. The van der Waals surface area contributed by atoms with Gasteiger partial charge >= 0.3 is 0 Å². The Bertz CT molecular complexity index is 459. The zero-order valence-electron chi connectivity index (χ0n) is 6.54. The molecule has 0 unspecified atom stereocenters. The van der Waals surface area contributed by atoms with Crippen LogP contribution in [0.1, 0.15) is 0 Å². The Morgan fingerprint density at radius 1 is 1.54 bits per heavy atom. The van der Waals surface area contributed by atoms with Crippen molar-refractivity contribution in [3.8, 4) is 0 Å². The Labute approximate surface area is 97.4 Å². The van der Waals surface area contributed by atoms with Crippen LogP contribution in [0.4, 0.5) is 0 Å². The molecule has 0 atom stereocenters. The summed E-state index contributed by atoms with van der Waals surface area (Å²) in [4.78, 5) is 8.20. The van der Waals surface area contributed by atoms with Gasteiger partial charge in [0, 0.05) is 0 Å². The van der Waals surface area contributed by atoms with Crippen LogP contribution in [0.3, 0.4) is 0 Å². The molecule has 6 heteroatoms. The molecule has 0 bridgehead atoms. The van der Waals surface area contributed by atoms with Crippen LogP contribution in [-0.4, -0.2) is 16.2 Å². The molecule has 0 saturated heterocycles. The molecule has 0 fully saturated rings. The number of thioether (sulfide) groups is 1. The average molecular weight is 327 g/mol. The SMILES string of the molecule is CSc1nc2nc(Cl)cc(I)c2o1. The molecule has 0 radical (unpaired) electrons. The Hall–Kier alpha value is -0.0100. The number of aromatic nitrogens is 2. The van der Waals surface area contributed by atoms with Gasteiger partial charge in [-0.2, -0.15) is 4.98 Å². The van der Waals surface area contributed by atoms with Gasteiger partial charge in [0.25, 0.3) is 5.22 Å². The Balaban J connectivity index is 2.75. The summed E-state index contributed by atoms with van der Waals surface area (Å²) in [6.07, 6.45) is 1.90. The summed E-state index contributed by atoms with van der Waals surface area (Å²) in [6, 6.07) is 1.75. The molecule has 3 nitrogen and oxygen atoms in total. The molecule has 0 aromatic carbocycles. The fourth-order valence-corrected chi connectivity index (χ4v) is 2.28. The average Bonchev–Trinajstić information content (AvgIpc) is 2.47. The first-order chi connectivity index (χ1) is 6.20. The molecule has 13 heavy (non-hydrogen) atoms. The highest BCUT2D eigenvalue weighted by Crippen LogP contribution is 2.26. The van der Waals surface area contributed by atoms with Gasteiger partial charge in [-0.05, 0) is 34.9 Å². The predicted octanol–water partition coefficient (Wildman–Crippen LogP) is 3.20. The topological polar surface area (TPSA) is 38.9 Å². The van der Waals surface area contributed by atoms with Crippen molar-refractivity contribution < 1.29 is 4.42 Å². The van der Waals surface area contributed by atoms with Crippen molar-refractivity contribution in [3.05, 3.63) is 14.8 Å². The molecular formula is C7H4ClIN2OS. The summed E-state index contributed by atoms with van der Waals surface area (Å²) < 4.78 is 6.36. The van der Waals surface area contributed by atoms with E-state index in [1.54, 1.807) is 6.07 Å². The number of rotatable bonds is 1. The summed E-state index contributed by atoms with van der Waals surface area (Å²) in [6.45, 7) is 0. The van der Waals surface area contributed by atoms with E-state index in [-0.39, 0.29) is 0 Å². The second-order valence-electron chi connectivity index (χ2n) is 2.26. The second kappa shape index (κ2) is 3.62. The fraction of sp³-hybridized carbons (Fsp3) is 0.143. The van der Waals surface area contributed by atoms with E-state index in [9.17, 15) is 0 Å². The first-order valence-electron chi connectivity index (χ1n) is 3.37. The number of hydrogen-bond donors (Lipinski definition) is 0. The van der Waals surface area contributed by atoms with Crippen molar-refractivity contribution in [2.24, 2.45) is 0 Å². The molecule has 2 aromatic rings. The van der Waals surface area contributed by atoms with E-state index in [4.69, 9.17) is 16.0 Å². The van der Waals surface area contributed by atoms with E-state index in [0.29, 0.717) is 21.6 Å². The third-order valence-electron chi connectivity index (χ3n) is 1.44. The van der Waals surface area contributed by atoms with Gasteiger partial charge in [0.2, 0.25) is 5.65 Å². The van der Waals surface area contributed by atoms with Gasteiger partial charge in [-0.25, -0.2) is 4.98 Å². The highest BCUT2D eigenvalue weighted by Gasteiger charge is 2.10. The molecule has 0 amide bonds. The summed E-state index contributed by atoms with van der Waals surface area (Å²) >= 11 is 9.36. The summed E-state index contributed by atoms with van der Waals surface area (Å²) in [5.41, 5.74) is 1.27. The van der Waals surface area contributed by atoms with Crippen LogP contribution in [0.2, 0.25) is 5.15 Å². The largest absolute Gasteiger partial charge is 0.428 e. The monoisotopic (exact) mass is 326 g/mol. The minimum absolute atomic E-state index is 0.442. The molecule has 2 rings (SSSR count). The van der Waals surface area contributed by atoms with Crippen LogP contribution in [0, 0.1) is 3.57 Å². The molecule has 68 valence electrons. The predicted molar refractivity (Wildman–Crippen MR) is 61.3 cm³/mol. The van der Waals surface area contributed by atoms with Crippen molar-refractivity contribution in [3.63, 3.8) is 0 Å². The quantitative estimate of drug-likeness (QED) is 0.458. The maximum absolute atomic E-state index is 5.77. The Morgan fingerprint density at radius 2 is 2.31 bits per heavy atom. The lowest BCUT2D eigenvalue weighted by atomic mass is 10.5. The van der Waals surface area contributed by atoms with E-state index in [2.05, 4.69) is 32.6 Å². The van der Waals surface area contributed by atoms with Gasteiger partial charge in [-0.3, -0.25) is 0 Å². The maximum Gasteiger partial charge on any atom is 0.258 e. The van der Waals surface area contributed by atoms with Gasteiger partial charge in [-0.15, -0.1) is 0 Å². The van der Waals surface area contributed by atoms with Crippen LogP contribution in [-0.2, 0) is 0 Å². The Kier molecular flexibility index (Phi) is 2.66. The molecule has 2 heterocycles. The van der Waals surface area contributed by atoms with Crippen LogP contribution < -0.4 is 0 Å². The molecule has 0 aliphatic heterocycles. The van der Waals surface area contributed by atoms with Gasteiger partial charge in [0.1, 0.15) is 5.15 Å². The highest BCUT2D eigenvalue weighted by molar-refractivity contribution is 14.1. The second-order valence-corrected chi connectivity index (χ2v) is 4.57. The minimum Gasteiger partial charge on any atom is -0.428 e. The number of pyridine rings is 1. The molecular weight excluding hydrogens is 323 g/mol. The summed E-state index contributed by atoms with van der Waals surface area (Å²) in [7, 11) is 0. The van der Waals surface area contributed by atoms with E-state index < -0.39 is 0 Å². The zero-order valence-corrected chi connectivity index (χ0v) is 10.3. The third-order valence-corrected chi connectivity index (χ3v) is 2.96. The number of halogens is 2. The smallest absolute Gasteiger partial charge is 0.258 e. The van der Waals surface area contributed by atoms with E-state index in [1.807, 2.05) is 6.26 Å². The standard InChI is InChI=1S/C7H4ClIN2OS/c1-13-7-11-6-5(12-7)3(9)2-4(8)10-6/h2H,1H3. The van der Waals surface area contributed by atoms with Gasteiger partial charge in [0.05, 0.1) is 3.57 Å². The van der Waals surface area contributed by atoms with Crippen LogP contribution in [0.15, 0.2) is 15.7 Å². The molecule has 2 aromatic heterocycles. The zero-order chi connectivity index (χ0) is 9.42. The van der Waals surface area contributed by atoms with Crippen LogP contribution >= 0.6 is 46.0 Å². The van der Waals surface area contributed by atoms with Crippen molar-refractivity contribution in [1.82, 2.24) is 9.97 Å². The first-order valence-corrected chi connectivity index (χ1v) is 6.05. The first kappa shape index (κ1) is 9.54. The number of oxazole rings is 1. The van der Waals surface area contributed by atoms with Gasteiger partial charge in [0.15, 0.2) is 5.58 Å². The fourth-order valence-electron chi connectivity index (χ4n) is 0.915. The van der Waals surface area contributed by atoms with Crippen LogP contribution in [0.25, 0.3) is 11.2 Å². The summed E-state index contributed by atoms with van der Waals surface area (Å²) in [5, 5.41) is 1.06. The van der Waals surface area contributed by atoms with Crippen molar-refractivity contribution in [2.75, 3.05) is 6.26 Å². The maximum atomic E-state index is 5.77. The molecule has 0 saturated carbocycles. The van der Waals surface area contributed by atoms with Crippen molar-refractivity contribution in [2.45, 2.75) is 5.22 Å². The van der Waals surface area contributed by atoms with Gasteiger partial charge < -0.3 is 4.42 Å². The van der Waals surface area contributed by atoms with E-state index in [1.165, 1.54) is 11.8 Å². The van der Waals surface area contributed by atoms with Crippen molar-refractivity contribution >= 4 is 57.2 Å². The molecule has 0 N–H and O–H groups in total. The summed E-state index contributed by atoms with van der Waals surface area (Å²) in [5.74, 6) is 0. The van der Waals surface area contributed by atoms with Crippen LogP contribution in [0.5, 0.6) is 0 Å². The molecule has 0 spiro atoms. The van der Waals surface area contributed by atoms with E-state index >= 15 is 0 Å². The lowest BCUT2D eigenvalue weighted by Gasteiger charge is -1.90. The lowest BCUT2D eigenvalue weighted by Crippen LogP contribution is -1.80.